The number of hydrogen-bond acceptors (Lipinski definition) is 2. The van der Waals surface area contributed by atoms with E-state index in [9.17, 15) is 0 Å². The molecule has 0 heterocycles. The van der Waals surface area contributed by atoms with Gasteiger partial charge in [-0.25, -0.2) is 0 Å². The van der Waals surface area contributed by atoms with Gasteiger partial charge in [-0.05, 0) is 37.2 Å². The maximum atomic E-state index is 5.92. The first kappa shape index (κ1) is 12.6. The molecule has 3 N–H and O–H groups in total. The van der Waals surface area contributed by atoms with Gasteiger partial charge in [0.05, 0.1) is 0 Å². The molecule has 2 nitrogen and oxygen atoms in total. The summed E-state index contributed by atoms with van der Waals surface area (Å²) in [5, 5.41) is 3.68. The molecule has 1 aliphatic carbocycles. The molecule has 0 saturated heterocycles. The van der Waals surface area contributed by atoms with Gasteiger partial charge in [-0.15, -0.1) is 0 Å². The summed E-state index contributed by atoms with van der Waals surface area (Å²) in [5.74, 6) is 0.590. The van der Waals surface area contributed by atoms with E-state index in [0.29, 0.717) is 18.0 Å². The maximum Gasteiger partial charge on any atom is 0.00684 e. The smallest absolute Gasteiger partial charge is 0.00684 e. The highest BCUT2D eigenvalue weighted by molar-refractivity contribution is 5.19. The summed E-state index contributed by atoms with van der Waals surface area (Å²) in [6.45, 7) is 3.36. The fourth-order valence-corrected chi connectivity index (χ4v) is 2.57. The molecule has 1 saturated carbocycles. The van der Waals surface area contributed by atoms with Crippen LogP contribution in [-0.4, -0.2) is 18.6 Å². The van der Waals surface area contributed by atoms with Gasteiger partial charge in [0.25, 0.3) is 0 Å². The van der Waals surface area contributed by atoms with Gasteiger partial charge in [0, 0.05) is 18.6 Å². The number of nitrogens with one attached hydrogen (secondary N) is 1. The molecule has 2 rings (SSSR count). The Morgan fingerprint density at radius 3 is 2.47 bits per heavy atom. The van der Waals surface area contributed by atoms with E-state index in [1.54, 1.807) is 0 Å². The van der Waals surface area contributed by atoms with Crippen molar-refractivity contribution in [1.29, 1.82) is 0 Å². The monoisotopic (exact) mass is 232 g/mol. The third kappa shape index (κ3) is 3.83. The fourth-order valence-electron chi connectivity index (χ4n) is 2.57. The third-order valence-electron chi connectivity index (χ3n) is 3.85. The Morgan fingerprint density at radius 1 is 1.18 bits per heavy atom. The van der Waals surface area contributed by atoms with Crippen molar-refractivity contribution in [2.24, 2.45) is 5.73 Å². The van der Waals surface area contributed by atoms with Crippen LogP contribution in [-0.2, 0) is 0 Å². The van der Waals surface area contributed by atoms with Crippen LogP contribution >= 0.6 is 0 Å². The van der Waals surface area contributed by atoms with E-state index >= 15 is 0 Å². The number of benzene rings is 1. The van der Waals surface area contributed by atoms with Crippen LogP contribution in [0.4, 0.5) is 0 Å². The molecule has 1 aliphatic rings. The van der Waals surface area contributed by atoms with Gasteiger partial charge in [0.2, 0.25) is 0 Å². The minimum Gasteiger partial charge on any atom is -0.328 e. The van der Waals surface area contributed by atoms with E-state index in [0.717, 1.165) is 6.54 Å². The summed E-state index contributed by atoms with van der Waals surface area (Å²) in [4.78, 5) is 0. The van der Waals surface area contributed by atoms with Gasteiger partial charge in [0.1, 0.15) is 0 Å². The third-order valence-corrected chi connectivity index (χ3v) is 3.85. The summed E-state index contributed by atoms with van der Waals surface area (Å²) in [6.07, 6.45) is 4.83. The van der Waals surface area contributed by atoms with Gasteiger partial charge in [-0.3, -0.25) is 0 Å². The number of rotatable bonds is 4. The second-order valence-corrected chi connectivity index (χ2v) is 5.33. The first-order chi connectivity index (χ1) is 8.25. The summed E-state index contributed by atoms with van der Waals surface area (Å²) in [5.41, 5.74) is 7.34. The van der Waals surface area contributed by atoms with E-state index in [-0.39, 0.29) is 0 Å². The van der Waals surface area contributed by atoms with Crippen molar-refractivity contribution < 1.29 is 0 Å². The van der Waals surface area contributed by atoms with Crippen molar-refractivity contribution in [2.45, 2.75) is 50.6 Å². The molecular weight excluding hydrogens is 208 g/mol. The van der Waals surface area contributed by atoms with Crippen LogP contribution < -0.4 is 11.1 Å². The zero-order chi connectivity index (χ0) is 12.1. The second kappa shape index (κ2) is 6.18. The molecule has 0 amide bonds. The Hall–Kier alpha value is -0.860. The average molecular weight is 232 g/mol. The van der Waals surface area contributed by atoms with E-state index < -0.39 is 0 Å². The normalized spacial score (nSPS) is 26.7. The Bertz CT molecular complexity index is 315. The largest absolute Gasteiger partial charge is 0.328 e. The minimum absolute atomic E-state index is 0.444. The summed E-state index contributed by atoms with van der Waals surface area (Å²) >= 11 is 0. The van der Waals surface area contributed by atoms with Crippen LogP contribution in [0.1, 0.15) is 44.1 Å². The molecule has 2 heteroatoms. The molecule has 0 aromatic heterocycles. The van der Waals surface area contributed by atoms with Gasteiger partial charge in [-0.1, -0.05) is 37.3 Å². The number of nitrogens with two attached hydrogens (primary N) is 1. The minimum atomic E-state index is 0.444. The predicted octanol–water partition coefficient (Wildman–Crippen LogP) is 2.65. The van der Waals surface area contributed by atoms with Crippen LogP contribution in [0, 0.1) is 0 Å². The summed E-state index contributed by atoms with van der Waals surface area (Å²) < 4.78 is 0. The lowest BCUT2D eigenvalue weighted by atomic mass is 9.91. The molecule has 17 heavy (non-hydrogen) atoms. The molecule has 0 aliphatic heterocycles. The van der Waals surface area contributed by atoms with Crippen LogP contribution in [0.2, 0.25) is 0 Å². The Morgan fingerprint density at radius 2 is 1.82 bits per heavy atom. The molecule has 1 unspecified atom stereocenters. The Labute approximate surface area is 105 Å². The van der Waals surface area contributed by atoms with Gasteiger partial charge in [-0.2, -0.15) is 0 Å². The number of hydrogen-bond donors (Lipinski definition) is 2. The molecule has 0 bridgehead atoms. The maximum absolute atomic E-state index is 5.92. The van der Waals surface area contributed by atoms with Crippen molar-refractivity contribution >= 4 is 0 Å². The van der Waals surface area contributed by atoms with Crippen molar-refractivity contribution in [1.82, 2.24) is 5.32 Å². The van der Waals surface area contributed by atoms with Gasteiger partial charge in [0.15, 0.2) is 0 Å². The first-order valence-electron chi connectivity index (χ1n) is 6.79. The Kier molecular flexibility index (Phi) is 4.57. The lowest BCUT2D eigenvalue weighted by Gasteiger charge is -2.28. The summed E-state index contributed by atoms with van der Waals surface area (Å²) in [7, 11) is 0. The zero-order valence-electron chi connectivity index (χ0n) is 10.7. The SMILES string of the molecule is CC(CNC1CCC(N)CC1)c1ccccc1. The Balaban J connectivity index is 1.75. The van der Waals surface area contributed by atoms with Gasteiger partial charge >= 0.3 is 0 Å². The molecule has 94 valence electrons. The van der Waals surface area contributed by atoms with Gasteiger partial charge < -0.3 is 11.1 Å². The zero-order valence-corrected chi connectivity index (χ0v) is 10.7. The van der Waals surface area contributed by atoms with Crippen LogP contribution in [0.3, 0.4) is 0 Å². The molecular formula is C15H24N2. The second-order valence-electron chi connectivity index (χ2n) is 5.33. The topological polar surface area (TPSA) is 38.0 Å². The van der Waals surface area contributed by atoms with Crippen molar-refractivity contribution in [2.75, 3.05) is 6.54 Å². The van der Waals surface area contributed by atoms with Crippen molar-refractivity contribution in [3.8, 4) is 0 Å². The predicted molar refractivity (Wildman–Crippen MR) is 73.1 cm³/mol. The van der Waals surface area contributed by atoms with Crippen LogP contribution in [0.5, 0.6) is 0 Å². The standard InChI is InChI=1S/C15H24N2/c1-12(13-5-3-2-4-6-13)11-17-15-9-7-14(16)8-10-15/h2-6,12,14-15,17H,7-11,16H2,1H3. The summed E-state index contributed by atoms with van der Waals surface area (Å²) in [6, 6.07) is 11.9. The fraction of sp³-hybridized carbons (Fsp3) is 0.600. The average Bonchev–Trinajstić information content (AvgIpc) is 2.39. The molecule has 1 fully saturated rings. The molecule has 0 spiro atoms. The lowest BCUT2D eigenvalue weighted by Crippen LogP contribution is -2.38. The highest BCUT2D eigenvalue weighted by Gasteiger charge is 2.18. The first-order valence-corrected chi connectivity index (χ1v) is 6.79. The van der Waals surface area contributed by atoms with E-state index in [2.05, 4.69) is 42.6 Å². The highest BCUT2D eigenvalue weighted by atomic mass is 14.9. The lowest BCUT2D eigenvalue weighted by molar-refractivity contribution is 0.339. The van der Waals surface area contributed by atoms with Crippen LogP contribution in [0.25, 0.3) is 0 Å². The molecule has 1 aromatic carbocycles. The van der Waals surface area contributed by atoms with E-state index in [4.69, 9.17) is 5.73 Å². The van der Waals surface area contributed by atoms with E-state index in [1.165, 1.54) is 31.2 Å². The van der Waals surface area contributed by atoms with Crippen molar-refractivity contribution in [3.05, 3.63) is 35.9 Å². The molecule has 1 aromatic rings. The molecule has 1 atom stereocenters. The van der Waals surface area contributed by atoms with E-state index in [1.807, 2.05) is 0 Å². The van der Waals surface area contributed by atoms with Crippen molar-refractivity contribution in [3.63, 3.8) is 0 Å². The molecule has 0 radical (unpaired) electrons. The highest BCUT2D eigenvalue weighted by Crippen LogP contribution is 2.19. The quantitative estimate of drug-likeness (QED) is 0.837. The van der Waals surface area contributed by atoms with Crippen LogP contribution in [0.15, 0.2) is 30.3 Å².